The van der Waals surface area contributed by atoms with Crippen molar-refractivity contribution >= 4 is 34.8 Å². The van der Waals surface area contributed by atoms with Gasteiger partial charge in [0.05, 0.1) is 0 Å². The maximum Gasteiger partial charge on any atom is 0.0453 e. The average molecular weight is 329 g/mol. The van der Waals surface area contributed by atoms with Crippen LogP contribution in [0.3, 0.4) is 0 Å². The van der Waals surface area contributed by atoms with E-state index in [1.54, 1.807) is 6.07 Å². The van der Waals surface area contributed by atoms with Gasteiger partial charge in [0, 0.05) is 27.5 Å². The molecule has 0 saturated carbocycles. The number of halogens is 3. The minimum absolute atomic E-state index is 0.317. The van der Waals surface area contributed by atoms with Gasteiger partial charge in [-0.05, 0) is 48.9 Å². The fraction of sp³-hybridized carbons (Fsp3) is 0.250. The molecule has 2 rings (SSSR count). The van der Waals surface area contributed by atoms with Crippen LogP contribution in [-0.4, -0.2) is 13.6 Å². The van der Waals surface area contributed by atoms with Crippen LogP contribution in [0.4, 0.5) is 0 Å². The zero-order valence-electron chi connectivity index (χ0n) is 11.2. The topological polar surface area (TPSA) is 12.0 Å². The third-order valence-corrected chi connectivity index (χ3v) is 4.07. The van der Waals surface area contributed by atoms with E-state index in [0.717, 1.165) is 23.6 Å². The van der Waals surface area contributed by atoms with Gasteiger partial charge >= 0.3 is 0 Å². The van der Waals surface area contributed by atoms with E-state index in [1.807, 2.05) is 37.4 Å². The van der Waals surface area contributed by atoms with Crippen molar-refractivity contribution in [2.75, 3.05) is 13.6 Å². The molecule has 0 heterocycles. The Balaban J connectivity index is 2.25. The molecule has 2 aromatic rings. The van der Waals surface area contributed by atoms with Crippen LogP contribution in [0.25, 0.3) is 0 Å². The predicted octanol–water partition coefficient (Wildman–Crippen LogP) is 5.19. The Labute approximate surface area is 134 Å². The fourth-order valence-electron chi connectivity index (χ4n) is 2.27. The summed E-state index contributed by atoms with van der Waals surface area (Å²) in [5, 5.41) is 5.35. The van der Waals surface area contributed by atoms with Gasteiger partial charge in [0.2, 0.25) is 0 Å². The zero-order valence-corrected chi connectivity index (χ0v) is 13.4. The smallest absolute Gasteiger partial charge is 0.0453 e. The van der Waals surface area contributed by atoms with Crippen LogP contribution in [0.1, 0.15) is 17.0 Å². The molecular weight excluding hydrogens is 313 g/mol. The van der Waals surface area contributed by atoms with E-state index >= 15 is 0 Å². The van der Waals surface area contributed by atoms with Gasteiger partial charge in [-0.15, -0.1) is 0 Å². The van der Waals surface area contributed by atoms with Crippen LogP contribution in [0.5, 0.6) is 0 Å². The number of likely N-dealkylation sites (N-methyl/N-ethyl adjacent to an activating group) is 1. The van der Waals surface area contributed by atoms with Gasteiger partial charge in [-0.3, -0.25) is 0 Å². The summed E-state index contributed by atoms with van der Waals surface area (Å²) in [6.07, 6.45) is 0.844. The average Bonchev–Trinajstić information content (AvgIpc) is 2.41. The molecule has 0 aromatic heterocycles. The Hall–Kier alpha value is -0.730. The standard InChI is InChI=1S/C16H16Cl3N/c1-20-10-13(11-3-2-4-14(17)8-11)7-12-5-6-15(18)9-16(12)19/h2-6,8-9,13,20H,7,10H2,1H3. The molecule has 0 amide bonds. The molecule has 1 nitrogen and oxygen atoms in total. The Bertz CT molecular complexity index is 584. The van der Waals surface area contributed by atoms with Gasteiger partial charge in [-0.25, -0.2) is 0 Å². The third kappa shape index (κ3) is 4.13. The molecule has 0 aliphatic heterocycles. The van der Waals surface area contributed by atoms with Crippen molar-refractivity contribution in [2.24, 2.45) is 0 Å². The minimum Gasteiger partial charge on any atom is -0.319 e. The molecule has 0 aliphatic carbocycles. The van der Waals surface area contributed by atoms with Gasteiger partial charge in [-0.1, -0.05) is 53.0 Å². The van der Waals surface area contributed by atoms with E-state index in [0.29, 0.717) is 16.0 Å². The van der Waals surface area contributed by atoms with Crippen LogP contribution in [0.2, 0.25) is 15.1 Å². The van der Waals surface area contributed by atoms with Crippen molar-refractivity contribution in [2.45, 2.75) is 12.3 Å². The van der Waals surface area contributed by atoms with Crippen molar-refractivity contribution in [3.8, 4) is 0 Å². The van der Waals surface area contributed by atoms with E-state index in [4.69, 9.17) is 34.8 Å². The van der Waals surface area contributed by atoms with Crippen molar-refractivity contribution in [3.63, 3.8) is 0 Å². The highest BCUT2D eigenvalue weighted by molar-refractivity contribution is 6.35. The van der Waals surface area contributed by atoms with E-state index in [2.05, 4.69) is 11.4 Å². The van der Waals surface area contributed by atoms with Gasteiger partial charge in [0.1, 0.15) is 0 Å². The number of hydrogen-bond donors (Lipinski definition) is 1. The summed E-state index contributed by atoms with van der Waals surface area (Å²) in [6.45, 7) is 0.860. The van der Waals surface area contributed by atoms with Crippen LogP contribution in [-0.2, 0) is 6.42 Å². The molecular formula is C16H16Cl3N. The van der Waals surface area contributed by atoms with Gasteiger partial charge < -0.3 is 5.32 Å². The Kier molecular flexibility index (Phi) is 5.74. The molecule has 1 N–H and O–H groups in total. The summed E-state index contributed by atoms with van der Waals surface area (Å²) in [7, 11) is 1.95. The van der Waals surface area contributed by atoms with Gasteiger partial charge in [0.15, 0.2) is 0 Å². The summed E-state index contributed by atoms with van der Waals surface area (Å²) >= 11 is 18.3. The summed E-state index contributed by atoms with van der Waals surface area (Å²) in [5.41, 5.74) is 2.30. The SMILES string of the molecule is CNCC(Cc1ccc(Cl)cc1Cl)c1cccc(Cl)c1. The van der Waals surface area contributed by atoms with Crippen LogP contribution in [0, 0.1) is 0 Å². The molecule has 4 heteroatoms. The number of benzene rings is 2. The normalized spacial score (nSPS) is 12.4. The highest BCUT2D eigenvalue weighted by atomic mass is 35.5. The first-order chi connectivity index (χ1) is 9.60. The van der Waals surface area contributed by atoms with E-state index < -0.39 is 0 Å². The molecule has 1 unspecified atom stereocenters. The van der Waals surface area contributed by atoms with Crippen molar-refractivity contribution < 1.29 is 0 Å². The molecule has 0 saturated heterocycles. The van der Waals surface area contributed by atoms with E-state index in [-0.39, 0.29) is 0 Å². The molecule has 2 aromatic carbocycles. The summed E-state index contributed by atoms with van der Waals surface area (Å²) in [4.78, 5) is 0. The predicted molar refractivity (Wildman–Crippen MR) is 88.3 cm³/mol. The van der Waals surface area contributed by atoms with Gasteiger partial charge in [0.25, 0.3) is 0 Å². The second-order valence-corrected chi connectivity index (χ2v) is 6.03. The Morgan fingerprint density at radius 3 is 2.40 bits per heavy atom. The molecule has 0 radical (unpaired) electrons. The lowest BCUT2D eigenvalue weighted by molar-refractivity contribution is 0.626. The molecule has 0 fully saturated rings. The fourth-order valence-corrected chi connectivity index (χ4v) is 2.95. The number of nitrogens with one attached hydrogen (secondary N) is 1. The molecule has 0 spiro atoms. The maximum atomic E-state index is 6.26. The zero-order chi connectivity index (χ0) is 14.5. The highest BCUT2D eigenvalue weighted by Gasteiger charge is 2.14. The lowest BCUT2D eigenvalue weighted by atomic mass is 9.92. The Morgan fingerprint density at radius 2 is 1.75 bits per heavy atom. The lowest BCUT2D eigenvalue weighted by Gasteiger charge is -2.18. The first-order valence-corrected chi connectivity index (χ1v) is 7.57. The van der Waals surface area contributed by atoms with E-state index in [1.165, 1.54) is 5.56 Å². The second-order valence-electron chi connectivity index (χ2n) is 4.75. The molecule has 20 heavy (non-hydrogen) atoms. The summed E-state index contributed by atoms with van der Waals surface area (Å²) in [6, 6.07) is 13.6. The molecule has 106 valence electrons. The molecule has 0 aliphatic rings. The lowest BCUT2D eigenvalue weighted by Crippen LogP contribution is -2.19. The summed E-state index contributed by atoms with van der Waals surface area (Å²) < 4.78 is 0. The maximum absolute atomic E-state index is 6.26. The third-order valence-electron chi connectivity index (χ3n) is 3.25. The quantitative estimate of drug-likeness (QED) is 0.796. The molecule has 0 bridgehead atoms. The van der Waals surface area contributed by atoms with Crippen LogP contribution < -0.4 is 5.32 Å². The van der Waals surface area contributed by atoms with Crippen molar-refractivity contribution in [1.82, 2.24) is 5.32 Å². The second kappa shape index (κ2) is 7.33. The minimum atomic E-state index is 0.317. The van der Waals surface area contributed by atoms with Crippen LogP contribution in [0.15, 0.2) is 42.5 Å². The first kappa shape index (κ1) is 15.7. The summed E-state index contributed by atoms with van der Waals surface area (Å²) in [5.74, 6) is 0.317. The highest BCUT2D eigenvalue weighted by Crippen LogP contribution is 2.28. The molecule has 1 atom stereocenters. The largest absolute Gasteiger partial charge is 0.319 e. The monoisotopic (exact) mass is 327 g/mol. The van der Waals surface area contributed by atoms with E-state index in [9.17, 15) is 0 Å². The first-order valence-electron chi connectivity index (χ1n) is 6.44. The number of rotatable bonds is 5. The number of hydrogen-bond acceptors (Lipinski definition) is 1. The van der Waals surface area contributed by atoms with Crippen molar-refractivity contribution in [1.29, 1.82) is 0 Å². The van der Waals surface area contributed by atoms with Crippen molar-refractivity contribution in [3.05, 3.63) is 68.7 Å². The Morgan fingerprint density at radius 1 is 1.00 bits per heavy atom. The van der Waals surface area contributed by atoms with Crippen LogP contribution >= 0.6 is 34.8 Å². The van der Waals surface area contributed by atoms with Gasteiger partial charge in [-0.2, -0.15) is 0 Å².